The van der Waals surface area contributed by atoms with E-state index in [1.165, 1.54) is 6.42 Å². The lowest BCUT2D eigenvalue weighted by Gasteiger charge is -2.40. The minimum absolute atomic E-state index is 0.209. The second kappa shape index (κ2) is 4.79. The van der Waals surface area contributed by atoms with E-state index in [4.69, 9.17) is 4.74 Å². The van der Waals surface area contributed by atoms with Crippen LogP contribution in [0.25, 0.3) is 0 Å². The zero-order valence-corrected chi connectivity index (χ0v) is 12.7. The summed E-state index contributed by atoms with van der Waals surface area (Å²) >= 11 is 0. The molecule has 106 valence electrons. The van der Waals surface area contributed by atoms with Gasteiger partial charge in [-0.15, -0.1) is 0 Å². The molecule has 1 saturated carbocycles. The minimum Gasteiger partial charge on any atom is -0.387 e. The average molecular weight is 254 g/mol. The highest BCUT2D eigenvalue weighted by molar-refractivity contribution is 5.18. The molecule has 0 spiro atoms. The first-order chi connectivity index (χ1) is 8.29. The van der Waals surface area contributed by atoms with Crippen LogP contribution in [-0.2, 0) is 4.74 Å². The van der Waals surface area contributed by atoms with Crippen molar-refractivity contribution in [1.82, 2.24) is 0 Å². The number of fused-ring (bicyclic) bond motifs is 1. The maximum atomic E-state index is 11.3. The van der Waals surface area contributed by atoms with Crippen molar-refractivity contribution in [2.24, 2.45) is 17.8 Å². The molecule has 0 radical (unpaired) electrons. The molecule has 3 atom stereocenters. The zero-order valence-electron chi connectivity index (χ0n) is 12.7. The lowest BCUT2D eigenvalue weighted by molar-refractivity contribution is -0.0773. The Morgan fingerprint density at radius 2 is 1.72 bits per heavy atom. The Hall–Kier alpha value is -0.0800. The smallest absolute Gasteiger partial charge is 0.124 e. The van der Waals surface area contributed by atoms with E-state index >= 15 is 0 Å². The van der Waals surface area contributed by atoms with Crippen LogP contribution < -0.4 is 0 Å². The van der Waals surface area contributed by atoms with E-state index in [9.17, 15) is 5.11 Å². The minimum atomic E-state index is -0.616. The summed E-state index contributed by atoms with van der Waals surface area (Å²) in [4.78, 5) is 0. The van der Waals surface area contributed by atoms with Gasteiger partial charge in [0, 0.05) is 0 Å². The van der Waals surface area contributed by atoms with Crippen LogP contribution in [0.2, 0.25) is 0 Å². The van der Waals surface area contributed by atoms with E-state index < -0.39 is 5.60 Å². The highest BCUT2D eigenvalue weighted by Gasteiger charge is 2.69. The molecule has 1 aliphatic carbocycles. The van der Waals surface area contributed by atoms with E-state index in [2.05, 4.69) is 34.6 Å². The van der Waals surface area contributed by atoms with Crippen molar-refractivity contribution in [2.45, 2.75) is 84.0 Å². The summed E-state index contributed by atoms with van der Waals surface area (Å²) in [6.45, 7) is 11.1. The molecule has 0 aromatic heterocycles. The second-order valence-electron chi connectivity index (χ2n) is 7.61. The summed E-state index contributed by atoms with van der Waals surface area (Å²) in [7, 11) is 0. The first kappa shape index (κ1) is 14.3. The Labute approximate surface area is 112 Å². The number of epoxide rings is 1. The van der Waals surface area contributed by atoms with Crippen LogP contribution in [0.4, 0.5) is 0 Å². The van der Waals surface area contributed by atoms with Gasteiger partial charge in [0.15, 0.2) is 0 Å². The molecular formula is C16H30O2. The fourth-order valence-corrected chi connectivity index (χ4v) is 4.13. The molecular weight excluding hydrogens is 224 g/mol. The summed E-state index contributed by atoms with van der Waals surface area (Å²) in [5.74, 6) is 1.73. The van der Waals surface area contributed by atoms with Gasteiger partial charge in [0.05, 0.1) is 11.7 Å². The van der Waals surface area contributed by atoms with Crippen LogP contribution in [0.15, 0.2) is 0 Å². The predicted molar refractivity (Wildman–Crippen MR) is 74.5 cm³/mol. The van der Waals surface area contributed by atoms with Gasteiger partial charge >= 0.3 is 0 Å². The molecule has 0 aromatic rings. The van der Waals surface area contributed by atoms with Gasteiger partial charge in [-0.25, -0.2) is 0 Å². The summed E-state index contributed by atoms with van der Waals surface area (Å²) in [6, 6.07) is 0. The molecule has 0 bridgehead atoms. The van der Waals surface area contributed by atoms with E-state index in [-0.39, 0.29) is 5.60 Å². The quantitative estimate of drug-likeness (QED) is 0.758. The van der Waals surface area contributed by atoms with Crippen molar-refractivity contribution in [3.05, 3.63) is 0 Å². The zero-order chi connectivity index (χ0) is 13.6. The number of hydrogen-bond donors (Lipinski definition) is 1. The van der Waals surface area contributed by atoms with Crippen molar-refractivity contribution < 1.29 is 9.84 Å². The number of hydrogen-bond acceptors (Lipinski definition) is 2. The molecule has 2 rings (SSSR count). The van der Waals surface area contributed by atoms with Crippen molar-refractivity contribution in [3.8, 4) is 0 Å². The first-order valence-corrected chi connectivity index (χ1v) is 7.69. The van der Waals surface area contributed by atoms with Crippen LogP contribution >= 0.6 is 0 Å². The fraction of sp³-hybridized carbons (Fsp3) is 1.00. The fourth-order valence-electron chi connectivity index (χ4n) is 4.13. The predicted octanol–water partition coefficient (Wildman–Crippen LogP) is 3.77. The number of aliphatic hydroxyl groups is 1. The largest absolute Gasteiger partial charge is 0.387 e. The monoisotopic (exact) mass is 254 g/mol. The Bertz CT molecular complexity index is 287. The molecule has 1 aliphatic heterocycles. The molecule has 2 nitrogen and oxygen atoms in total. The van der Waals surface area contributed by atoms with Gasteiger partial charge < -0.3 is 9.84 Å². The molecule has 2 aliphatic rings. The molecule has 1 heterocycles. The number of ether oxygens (including phenoxy) is 1. The lowest BCUT2D eigenvalue weighted by atomic mass is 9.67. The van der Waals surface area contributed by atoms with E-state index in [1.54, 1.807) is 0 Å². The normalized spacial score (nSPS) is 36.0. The van der Waals surface area contributed by atoms with E-state index in [0.717, 1.165) is 25.7 Å². The van der Waals surface area contributed by atoms with E-state index in [1.807, 2.05) is 0 Å². The van der Waals surface area contributed by atoms with Gasteiger partial charge in [-0.2, -0.15) is 0 Å². The van der Waals surface area contributed by atoms with Crippen LogP contribution in [0, 0.1) is 17.8 Å². The molecule has 18 heavy (non-hydrogen) atoms. The number of rotatable bonds is 5. The van der Waals surface area contributed by atoms with Crippen molar-refractivity contribution in [1.29, 1.82) is 0 Å². The Morgan fingerprint density at radius 1 is 1.17 bits per heavy atom. The maximum absolute atomic E-state index is 11.3. The standard InChI is InChI=1S/C16H30O2/c1-11(2)8-15(17,9-12(3)4)16-10-13(5)6-7-14(16)18-16/h11-14,17H,6-10H2,1-5H3/t13-,14+,16-/m1/s1. The maximum Gasteiger partial charge on any atom is 0.124 e. The highest BCUT2D eigenvalue weighted by Crippen LogP contribution is 2.58. The van der Waals surface area contributed by atoms with Gasteiger partial charge in [0.25, 0.3) is 0 Å². The summed E-state index contributed by atoms with van der Waals surface area (Å²) in [5.41, 5.74) is -0.826. The van der Waals surface area contributed by atoms with Gasteiger partial charge in [-0.05, 0) is 49.9 Å². The highest BCUT2D eigenvalue weighted by atomic mass is 16.6. The summed E-state index contributed by atoms with van der Waals surface area (Å²) < 4.78 is 6.05. The van der Waals surface area contributed by atoms with Gasteiger partial charge in [0.2, 0.25) is 0 Å². The topological polar surface area (TPSA) is 32.8 Å². The molecule has 1 saturated heterocycles. The van der Waals surface area contributed by atoms with Crippen molar-refractivity contribution in [2.75, 3.05) is 0 Å². The van der Waals surface area contributed by atoms with Gasteiger partial charge in [0.1, 0.15) is 5.60 Å². The van der Waals surface area contributed by atoms with Gasteiger partial charge in [-0.3, -0.25) is 0 Å². The Morgan fingerprint density at radius 3 is 2.22 bits per heavy atom. The van der Waals surface area contributed by atoms with Gasteiger partial charge in [-0.1, -0.05) is 34.6 Å². The molecule has 2 heteroatoms. The average Bonchev–Trinajstić information content (AvgIpc) is 2.89. The van der Waals surface area contributed by atoms with Crippen LogP contribution in [0.3, 0.4) is 0 Å². The third-order valence-corrected chi connectivity index (χ3v) is 4.67. The third kappa shape index (κ3) is 2.46. The second-order valence-corrected chi connectivity index (χ2v) is 7.61. The third-order valence-electron chi connectivity index (χ3n) is 4.67. The summed E-state index contributed by atoms with van der Waals surface area (Å²) in [6.07, 6.45) is 5.51. The lowest BCUT2D eigenvalue weighted by Crippen LogP contribution is -2.51. The van der Waals surface area contributed by atoms with Crippen LogP contribution in [0.5, 0.6) is 0 Å². The molecule has 2 fully saturated rings. The van der Waals surface area contributed by atoms with Crippen molar-refractivity contribution in [3.63, 3.8) is 0 Å². The van der Waals surface area contributed by atoms with Crippen LogP contribution in [0.1, 0.15) is 66.7 Å². The summed E-state index contributed by atoms with van der Waals surface area (Å²) in [5, 5.41) is 11.3. The van der Waals surface area contributed by atoms with E-state index in [0.29, 0.717) is 23.9 Å². The Balaban J connectivity index is 2.18. The van der Waals surface area contributed by atoms with Crippen molar-refractivity contribution >= 4 is 0 Å². The molecule has 1 N–H and O–H groups in total. The molecule has 0 amide bonds. The molecule has 0 aromatic carbocycles. The SMILES string of the molecule is CC(C)CC(O)(CC(C)C)[C@@]12C[C@H](C)CC[C@@H]1O2. The molecule has 0 unspecified atom stereocenters. The Kier molecular flexibility index (Phi) is 3.81. The first-order valence-electron chi connectivity index (χ1n) is 7.69. The van der Waals surface area contributed by atoms with Crippen LogP contribution in [-0.4, -0.2) is 22.4 Å².